The summed E-state index contributed by atoms with van der Waals surface area (Å²) in [7, 11) is 0. The van der Waals surface area contributed by atoms with Crippen LogP contribution in [0.25, 0.3) is 10.8 Å². The SMILES string of the molecule is Cc1cncc2cccc(NC3CCN(C(=O)[C@H](C)O)CC3)c12.O=C(O)C(F)(F)F. The zero-order chi connectivity index (χ0) is 22.5. The second-order valence-corrected chi connectivity index (χ2v) is 7.08. The van der Waals surface area contributed by atoms with Crippen molar-refractivity contribution in [3.63, 3.8) is 0 Å². The van der Waals surface area contributed by atoms with Crippen LogP contribution in [0.4, 0.5) is 18.9 Å². The van der Waals surface area contributed by atoms with Gasteiger partial charge in [-0.25, -0.2) is 4.79 Å². The lowest BCUT2D eigenvalue weighted by atomic mass is 10.0. The first-order valence-electron chi connectivity index (χ1n) is 9.37. The number of likely N-dealkylation sites (tertiary alicyclic amines) is 1. The van der Waals surface area contributed by atoms with Gasteiger partial charge in [-0.2, -0.15) is 13.2 Å². The maximum absolute atomic E-state index is 11.8. The Kier molecular flexibility index (Phi) is 7.60. The van der Waals surface area contributed by atoms with E-state index in [0.29, 0.717) is 19.1 Å². The van der Waals surface area contributed by atoms with Crippen molar-refractivity contribution >= 4 is 28.3 Å². The molecule has 0 bridgehead atoms. The molecule has 0 saturated carbocycles. The van der Waals surface area contributed by atoms with Crippen molar-refractivity contribution in [2.24, 2.45) is 0 Å². The van der Waals surface area contributed by atoms with E-state index in [4.69, 9.17) is 9.90 Å². The molecule has 7 nitrogen and oxygen atoms in total. The Morgan fingerprint density at radius 3 is 2.37 bits per heavy atom. The lowest BCUT2D eigenvalue weighted by molar-refractivity contribution is -0.192. The van der Waals surface area contributed by atoms with Crippen molar-refractivity contribution in [1.82, 2.24) is 9.88 Å². The van der Waals surface area contributed by atoms with E-state index in [9.17, 15) is 23.1 Å². The number of hydrogen-bond acceptors (Lipinski definition) is 5. The van der Waals surface area contributed by atoms with Crippen LogP contribution in [0.5, 0.6) is 0 Å². The number of anilines is 1. The highest BCUT2D eigenvalue weighted by atomic mass is 19.4. The predicted octanol–water partition coefficient (Wildman–Crippen LogP) is 2.96. The molecule has 1 saturated heterocycles. The van der Waals surface area contributed by atoms with E-state index in [2.05, 4.69) is 29.4 Å². The van der Waals surface area contributed by atoms with Crippen LogP contribution in [0, 0.1) is 6.92 Å². The zero-order valence-corrected chi connectivity index (χ0v) is 16.6. The summed E-state index contributed by atoms with van der Waals surface area (Å²) in [6, 6.07) is 6.55. The number of piperidine rings is 1. The maximum atomic E-state index is 11.8. The smallest absolute Gasteiger partial charge is 0.475 e. The molecule has 0 aliphatic carbocycles. The molecule has 164 valence electrons. The predicted molar refractivity (Wildman–Crippen MR) is 105 cm³/mol. The molecule has 0 unspecified atom stereocenters. The lowest BCUT2D eigenvalue weighted by Gasteiger charge is -2.33. The van der Waals surface area contributed by atoms with Crippen molar-refractivity contribution in [3.8, 4) is 0 Å². The van der Waals surface area contributed by atoms with Crippen LogP contribution in [0.2, 0.25) is 0 Å². The Morgan fingerprint density at radius 2 is 1.83 bits per heavy atom. The third kappa shape index (κ3) is 6.06. The molecule has 3 N–H and O–H groups in total. The fourth-order valence-electron chi connectivity index (χ4n) is 3.26. The third-order valence-electron chi connectivity index (χ3n) is 4.74. The molecule has 1 amide bonds. The summed E-state index contributed by atoms with van der Waals surface area (Å²) in [6.07, 6.45) is -0.444. The molecule has 10 heteroatoms. The number of carbonyl (C=O) groups is 2. The molecule has 1 aliphatic heterocycles. The van der Waals surface area contributed by atoms with Gasteiger partial charge in [0.1, 0.15) is 6.10 Å². The summed E-state index contributed by atoms with van der Waals surface area (Å²) < 4.78 is 31.7. The number of nitrogens with zero attached hydrogens (tertiary/aromatic N) is 2. The molecule has 0 spiro atoms. The van der Waals surface area contributed by atoms with Gasteiger partial charge >= 0.3 is 12.1 Å². The minimum atomic E-state index is -5.08. The van der Waals surface area contributed by atoms with E-state index in [1.807, 2.05) is 18.5 Å². The van der Waals surface area contributed by atoms with E-state index in [1.165, 1.54) is 12.3 Å². The number of aryl methyl sites for hydroxylation is 1. The summed E-state index contributed by atoms with van der Waals surface area (Å²) in [5.74, 6) is -2.93. The van der Waals surface area contributed by atoms with E-state index >= 15 is 0 Å². The van der Waals surface area contributed by atoms with Crippen molar-refractivity contribution in [3.05, 3.63) is 36.2 Å². The van der Waals surface area contributed by atoms with E-state index in [-0.39, 0.29) is 5.91 Å². The van der Waals surface area contributed by atoms with Gasteiger partial charge in [0.15, 0.2) is 0 Å². The molecular weight excluding hydrogens is 403 g/mol. The summed E-state index contributed by atoms with van der Waals surface area (Å²) in [4.78, 5) is 26.7. The summed E-state index contributed by atoms with van der Waals surface area (Å²) in [6.45, 7) is 4.98. The van der Waals surface area contributed by atoms with Crippen molar-refractivity contribution in [1.29, 1.82) is 0 Å². The molecule has 1 aromatic heterocycles. The molecular formula is C20H24F3N3O4. The number of halogens is 3. The highest BCUT2D eigenvalue weighted by molar-refractivity contribution is 5.95. The molecule has 30 heavy (non-hydrogen) atoms. The topological polar surface area (TPSA) is 103 Å². The molecule has 2 aromatic rings. The molecule has 3 rings (SSSR count). The quantitative estimate of drug-likeness (QED) is 0.696. The largest absolute Gasteiger partial charge is 0.490 e. The standard InChI is InChI=1S/C18H23N3O2.C2HF3O2/c1-12-10-19-11-14-4-3-5-16(17(12)14)20-15-6-8-21(9-7-15)18(23)13(2)22;3-2(4,5)1(6)7/h3-5,10-11,13,15,20,22H,6-9H2,1-2H3;(H,6,7)/t13-;/m0./s1. The molecule has 1 atom stereocenters. The maximum Gasteiger partial charge on any atom is 0.490 e. The Morgan fingerprint density at radius 1 is 1.23 bits per heavy atom. The van der Waals surface area contributed by atoms with Gasteiger partial charge in [0.25, 0.3) is 5.91 Å². The van der Waals surface area contributed by atoms with Crippen LogP contribution in [-0.2, 0) is 9.59 Å². The zero-order valence-electron chi connectivity index (χ0n) is 16.6. The number of rotatable bonds is 3. The van der Waals surface area contributed by atoms with E-state index < -0.39 is 18.2 Å². The van der Waals surface area contributed by atoms with Gasteiger partial charge in [-0.05, 0) is 38.3 Å². The number of pyridine rings is 1. The molecule has 1 aromatic carbocycles. The molecule has 1 fully saturated rings. The summed E-state index contributed by atoms with van der Waals surface area (Å²) in [5.41, 5.74) is 2.29. The van der Waals surface area contributed by atoms with Gasteiger partial charge < -0.3 is 20.4 Å². The van der Waals surface area contributed by atoms with E-state index in [0.717, 1.165) is 29.5 Å². The monoisotopic (exact) mass is 427 g/mol. The van der Waals surface area contributed by atoms with Crippen molar-refractivity contribution in [2.75, 3.05) is 18.4 Å². The van der Waals surface area contributed by atoms with Crippen LogP contribution < -0.4 is 5.32 Å². The summed E-state index contributed by atoms with van der Waals surface area (Å²) in [5, 5.41) is 22.5. The molecule has 1 aliphatic rings. The first-order chi connectivity index (χ1) is 14.0. The fourth-order valence-corrected chi connectivity index (χ4v) is 3.26. The Labute approximate surface area is 171 Å². The van der Waals surface area contributed by atoms with Gasteiger partial charge in [-0.1, -0.05) is 12.1 Å². The number of alkyl halides is 3. The second-order valence-electron chi connectivity index (χ2n) is 7.08. The van der Waals surface area contributed by atoms with Crippen LogP contribution in [0.3, 0.4) is 0 Å². The first kappa shape index (κ1) is 23.4. The summed E-state index contributed by atoms with van der Waals surface area (Å²) >= 11 is 0. The van der Waals surface area contributed by atoms with Gasteiger partial charge in [0.2, 0.25) is 0 Å². The van der Waals surface area contributed by atoms with Crippen LogP contribution in [-0.4, -0.2) is 63.4 Å². The molecule has 2 heterocycles. The number of nitrogens with one attached hydrogen (secondary N) is 1. The second kappa shape index (κ2) is 9.75. The Balaban J connectivity index is 0.000000396. The minimum Gasteiger partial charge on any atom is -0.475 e. The average Bonchev–Trinajstić information content (AvgIpc) is 2.68. The van der Waals surface area contributed by atoms with Gasteiger partial charge in [0.05, 0.1) is 0 Å². The number of hydrogen-bond donors (Lipinski definition) is 3. The number of carboxylic acids is 1. The van der Waals surface area contributed by atoms with Gasteiger partial charge in [-0.3, -0.25) is 9.78 Å². The highest BCUT2D eigenvalue weighted by Crippen LogP contribution is 2.28. The normalized spacial score (nSPS) is 15.9. The third-order valence-corrected chi connectivity index (χ3v) is 4.74. The van der Waals surface area contributed by atoms with Gasteiger partial charge in [0, 0.05) is 48.0 Å². The van der Waals surface area contributed by atoms with Crippen molar-refractivity contribution in [2.45, 2.75) is 45.0 Å². The number of fused-ring (bicyclic) bond motifs is 1. The number of aliphatic hydroxyl groups excluding tert-OH is 1. The van der Waals surface area contributed by atoms with Crippen LogP contribution >= 0.6 is 0 Å². The number of benzene rings is 1. The van der Waals surface area contributed by atoms with Crippen LogP contribution in [0.15, 0.2) is 30.6 Å². The van der Waals surface area contributed by atoms with Crippen molar-refractivity contribution < 1.29 is 33.0 Å². The van der Waals surface area contributed by atoms with Crippen LogP contribution in [0.1, 0.15) is 25.3 Å². The minimum absolute atomic E-state index is 0.171. The Hall–Kier alpha value is -2.88. The molecule has 0 radical (unpaired) electrons. The van der Waals surface area contributed by atoms with Gasteiger partial charge in [-0.15, -0.1) is 0 Å². The highest BCUT2D eigenvalue weighted by Gasteiger charge is 2.38. The van der Waals surface area contributed by atoms with E-state index in [1.54, 1.807) is 4.90 Å². The fraction of sp³-hybridized carbons (Fsp3) is 0.450. The lowest BCUT2D eigenvalue weighted by Crippen LogP contribution is -2.45. The average molecular weight is 427 g/mol. The number of carboxylic acid groups (broad SMARTS) is 1. The first-order valence-corrected chi connectivity index (χ1v) is 9.37. The number of aliphatic hydroxyl groups is 1. The number of aromatic nitrogens is 1. The number of carbonyl (C=O) groups excluding carboxylic acids is 1. The number of amides is 1. The number of aliphatic carboxylic acids is 1. The Bertz CT molecular complexity index is 889.